The number of thiocarbonyl (C=S) groups is 2. The highest BCUT2D eigenvalue weighted by molar-refractivity contribution is 7.80. The maximum atomic E-state index is 6.06. The van der Waals surface area contributed by atoms with Crippen LogP contribution in [0.5, 0.6) is 0 Å². The molecule has 0 amide bonds. The average Bonchev–Trinajstić information content (AvgIpc) is 2.41. The van der Waals surface area contributed by atoms with Crippen molar-refractivity contribution in [1.82, 2.24) is 16.2 Å². The third-order valence-electron chi connectivity index (χ3n) is 2.81. The van der Waals surface area contributed by atoms with E-state index in [1.165, 1.54) is 0 Å². The number of hydrogen-bond acceptors (Lipinski definition) is 2. The summed E-state index contributed by atoms with van der Waals surface area (Å²) in [4.78, 5) is 0. The van der Waals surface area contributed by atoms with Crippen LogP contribution >= 0.6 is 36.0 Å². The van der Waals surface area contributed by atoms with Gasteiger partial charge in [-0.05, 0) is 61.4 Å². The molecule has 7 heteroatoms. The zero-order valence-electron chi connectivity index (χ0n) is 12.4. The van der Waals surface area contributed by atoms with E-state index in [9.17, 15) is 0 Å². The molecule has 4 N–H and O–H groups in total. The summed E-state index contributed by atoms with van der Waals surface area (Å²) < 4.78 is 0. The maximum Gasteiger partial charge on any atom is 0.189 e. The Bertz CT molecular complexity index is 506. The third kappa shape index (κ3) is 6.93. The van der Waals surface area contributed by atoms with Crippen LogP contribution in [0.2, 0.25) is 5.02 Å². The van der Waals surface area contributed by atoms with E-state index in [-0.39, 0.29) is 0 Å². The first kappa shape index (κ1) is 17.9. The number of hydrogen-bond donors (Lipinski definition) is 4. The Morgan fingerprint density at radius 2 is 1.86 bits per heavy atom. The van der Waals surface area contributed by atoms with Crippen molar-refractivity contribution in [1.29, 1.82) is 0 Å². The zero-order valence-corrected chi connectivity index (χ0v) is 14.8. The van der Waals surface area contributed by atoms with Crippen molar-refractivity contribution in [3.05, 3.63) is 28.8 Å². The minimum atomic E-state index is 0.424. The van der Waals surface area contributed by atoms with Crippen LogP contribution in [0.3, 0.4) is 0 Å². The van der Waals surface area contributed by atoms with E-state index in [2.05, 4.69) is 35.3 Å². The van der Waals surface area contributed by atoms with Crippen LogP contribution in [0.4, 0.5) is 5.69 Å². The van der Waals surface area contributed by atoms with Crippen LogP contribution in [-0.4, -0.2) is 16.8 Å². The topological polar surface area (TPSA) is 48.1 Å². The largest absolute Gasteiger partial charge is 0.361 e. The number of anilines is 1. The van der Waals surface area contributed by atoms with Gasteiger partial charge in [0.05, 0.1) is 0 Å². The number of benzene rings is 1. The molecule has 0 aliphatic carbocycles. The fourth-order valence-electron chi connectivity index (χ4n) is 1.53. The van der Waals surface area contributed by atoms with Gasteiger partial charge in [0.1, 0.15) is 0 Å². The highest BCUT2D eigenvalue weighted by atomic mass is 35.5. The molecule has 0 aromatic heterocycles. The Morgan fingerprint density at radius 3 is 2.52 bits per heavy atom. The summed E-state index contributed by atoms with van der Waals surface area (Å²) in [5.41, 5.74) is 7.49. The second-order valence-electron chi connectivity index (χ2n) is 5.05. The summed E-state index contributed by atoms with van der Waals surface area (Å²) in [6.45, 7) is 7.10. The molecular formula is C14H21ClN4S2. The third-order valence-corrected chi connectivity index (χ3v) is 3.67. The van der Waals surface area contributed by atoms with Gasteiger partial charge in [-0.25, -0.2) is 0 Å². The fourth-order valence-corrected chi connectivity index (χ4v) is 2.02. The van der Waals surface area contributed by atoms with E-state index < -0.39 is 0 Å². The summed E-state index contributed by atoms with van der Waals surface area (Å²) in [6.07, 6.45) is 1.06. The summed E-state index contributed by atoms with van der Waals surface area (Å²) in [7, 11) is 0. The standard InChI is InChI=1S/C14H21ClN4S2/c1-9(2)7-8-16-13(20)18-19-14(21)17-12-6-4-5-11(15)10(12)3/h4-6,9H,7-8H2,1-3H3,(H2,16,18,20)(H2,17,19,21). The lowest BCUT2D eigenvalue weighted by atomic mass is 10.1. The molecule has 0 fully saturated rings. The van der Waals surface area contributed by atoms with Crippen molar-refractivity contribution in [2.75, 3.05) is 11.9 Å². The molecule has 4 nitrogen and oxygen atoms in total. The highest BCUT2D eigenvalue weighted by Gasteiger charge is 2.04. The van der Waals surface area contributed by atoms with Gasteiger partial charge in [0.25, 0.3) is 0 Å². The van der Waals surface area contributed by atoms with Crippen molar-refractivity contribution in [2.24, 2.45) is 5.92 Å². The Labute approximate surface area is 142 Å². The Balaban J connectivity index is 2.34. The van der Waals surface area contributed by atoms with Crippen LogP contribution < -0.4 is 21.5 Å². The molecule has 1 rings (SSSR count). The normalized spacial score (nSPS) is 10.1. The summed E-state index contributed by atoms with van der Waals surface area (Å²) in [5, 5.41) is 7.81. The molecule has 0 saturated carbocycles. The van der Waals surface area contributed by atoms with Gasteiger partial charge in [-0.3, -0.25) is 10.9 Å². The van der Waals surface area contributed by atoms with Gasteiger partial charge in [-0.15, -0.1) is 0 Å². The molecule has 116 valence electrons. The van der Waals surface area contributed by atoms with E-state index in [0.29, 0.717) is 21.2 Å². The second kappa shape index (κ2) is 9.02. The Hall–Kier alpha value is -1.11. The molecule has 1 aromatic rings. The molecule has 0 radical (unpaired) electrons. The van der Waals surface area contributed by atoms with Crippen LogP contribution in [0.1, 0.15) is 25.8 Å². The minimum absolute atomic E-state index is 0.424. The van der Waals surface area contributed by atoms with Crippen molar-refractivity contribution >= 4 is 51.9 Å². The van der Waals surface area contributed by atoms with Gasteiger partial charge in [-0.2, -0.15) is 0 Å². The summed E-state index contributed by atoms with van der Waals surface area (Å²) in [5.74, 6) is 0.641. The number of nitrogens with one attached hydrogen (secondary N) is 4. The molecule has 1 aromatic carbocycles. The zero-order chi connectivity index (χ0) is 15.8. The van der Waals surface area contributed by atoms with E-state index in [1.807, 2.05) is 25.1 Å². The van der Waals surface area contributed by atoms with Gasteiger partial charge in [0.15, 0.2) is 10.2 Å². The molecule has 0 spiro atoms. The monoisotopic (exact) mass is 344 g/mol. The highest BCUT2D eigenvalue weighted by Crippen LogP contribution is 2.22. The fraction of sp³-hybridized carbons (Fsp3) is 0.429. The molecule has 0 saturated heterocycles. The quantitative estimate of drug-likeness (QED) is 0.496. The number of rotatable bonds is 4. The van der Waals surface area contributed by atoms with Gasteiger partial charge < -0.3 is 10.6 Å². The molecule has 21 heavy (non-hydrogen) atoms. The van der Waals surface area contributed by atoms with Crippen molar-refractivity contribution in [3.63, 3.8) is 0 Å². The molecule has 0 heterocycles. The summed E-state index contributed by atoms with van der Waals surface area (Å²) in [6, 6.07) is 5.62. The Morgan fingerprint density at radius 1 is 1.19 bits per heavy atom. The van der Waals surface area contributed by atoms with E-state index in [4.69, 9.17) is 36.0 Å². The van der Waals surface area contributed by atoms with Crippen molar-refractivity contribution < 1.29 is 0 Å². The molecule has 0 atom stereocenters. The Kier molecular flexibility index (Phi) is 7.71. The first-order valence-corrected chi connectivity index (χ1v) is 7.95. The van der Waals surface area contributed by atoms with Crippen LogP contribution in [0.25, 0.3) is 0 Å². The molecular weight excluding hydrogens is 324 g/mol. The predicted octanol–water partition coefficient (Wildman–Crippen LogP) is 3.36. The van der Waals surface area contributed by atoms with Crippen molar-refractivity contribution in [2.45, 2.75) is 27.2 Å². The number of hydrazine groups is 1. The van der Waals surface area contributed by atoms with Gasteiger partial charge >= 0.3 is 0 Å². The van der Waals surface area contributed by atoms with E-state index >= 15 is 0 Å². The van der Waals surface area contributed by atoms with E-state index in [1.54, 1.807) is 0 Å². The van der Waals surface area contributed by atoms with Crippen molar-refractivity contribution in [3.8, 4) is 0 Å². The first-order valence-electron chi connectivity index (χ1n) is 6.76. The lowest BCUT2D eigenvalue weighted by Gasteiger charge is -2.16. The van der Waals surface area contributed by atoms with Gasteiger partial charge in [-0.1, -0.05) is 31.5 Å². The minimum Gasteiger partial charge on any atom is -0.361 e. The average molecular weight is 345 g/mol. The molecule has 0 bridgehead atoms. The first-order chi connectivity index (χ1) is 9.90. The van der Waals surface area contributed by atoms with Gasteiger partial charge in [0.2, 0.25) is 0 Å². The maximum absolute atomic E-state index is 6.06. The lowest BCUT2D eigenvalue weighted by molar-refractivity contribution is 0.575. The lowest BCUT2D eigenvalue weighted by Crippen LogP contribution is -2.48. The second-order valence-corrected chi connectivity index (χ2v) is 6.28. The molecule has 0 unspecified atom stereocenters. The van der Waals surface area contributed by atoms with Gasteiger partial charge in [0, 0.05) is 17.3 Å². The van der Waals surface area contributed by atoms with E-state index in [0.717, 1.165) is 24.2 Å². The van der Waals surface area contributed by atoms with Crippen LogP contribution in [-0.2, 0) is 0 Å². The predicted molar refractivity (Wildman–Crippen MR) is 98.7 cm³/mol. The smallest absolute Gasteiger partial charge is 0.189 e. The molecule has 0 aliphatic rings. The molecule has 0 aliphatic heterocycles. The van der Waals surface area contributed by atoms with Crippen LogP contribution in [0.15, 0.2) is 18.2 Å². The number of halogens is 1. The summed E-state index contributed by atoms with van der Waals surface area (Å²) >= 11 is 16.4. The SMILES string of the molecule is Cc1c(Cl)cccc1NC(=S)NNC(=S)NCCC(C)C. The van der Waals surface area contributed by atoms with Crippen LogP contribution in [0, 0.1) is 12.8 Å².